The van der Waals surface area contributed by atoms with Gasteiger partial charge in [-0.3, -0.25) is 0 Å². The average Bonchev–Trinajstić information content (AvgIpc) is 3.04. The lowest BCUT2D eigenvalue weighted by molar-refractivity contribution is 0.153. The van der Waals surface area contributed by atoms with Crippen LogP contribution in [0.25, 0.3) is 28.0 Å². The Morgan fingerprint density at radius 2 is 1.75 bits per heavy atom. The van der Waals surface area contributed by atoms with Gasteiger partial charge in [-0.05, 0) is 49.4 Å². The van der Waals surface area contributed by atoms with Crippen LogP contribution in [-0.4, -0.2) is 21.9 Å². The number of ether oxygens (including phenoxy) is 1. The summed E-state index contributed by atoms with van der Waals surface area (Å²) in [6.45, 7) is 1.61. The van der Waals surface area contributed by atoms with Crippen molar-refractivity contribution in [3.63, 3.8) is 0 Å². The molecular weight excluding hydrogens is 367 g/mol. The molecule has 0 radical (unpaired) electrons. The molecule has 0 N–H and O–H groups in total. The minimum atomic E-state index is -2.72. The van der Waals surface area contributed by atoms with E-state index in [0.717, 1.165) is 0 Å². The van der Waals surface area contributed by atoms with Gasteiger partial charge in [-0.15, -0.1) is 0 Å². The highest BCUT2D eigenvalue weighted by molar-refractivity contribution is 5.86. The number of halogens is 3. The average molecular weight is 383 g/mol. The highest BCUT2D eigenvalue weighted by Crippen LogP contribution is 2.34. The van der Waals surface area contributed by atoms with Gasteiger partial charge in [-0.2, -0.15) is 5.10 Å². The SMILES string of the molecule is COc1ccc(-c2cc(C(F)F)c3c(C)nn(-c4ccccc4F)c3n2)cc1. The number of benzene rings is 2. The Labute approximate surface area is 159 Å². The van der Waals surface area contributed by atoms with Gasteiger partial charge in [0.15, 0.2) is 5.65 Å². The smallest absolute Gasteiger partial charge is 0.264 e. The number of methoxy groups -OCH3 is 1. The van der Waals surface area contributed by atoms with Gasteiger partial charge in [0.2, 0.25) is 0 Å². The van der Waals surface area contributed by atoms with Crippen LogP contribution in [0.1, 0.15) is 17.7 Å². The first-order chi connectivity index (χ1) is 13.5. The zero-order chi connectivity index (χ0) is 19.8. The first kappa shape index (κ1) is 18.0. The van der Waals surface area contributed by atoms with Crippen molar-refractivity contribution >= 4 is 11.0 Å². The van der Waals surface area contributed by atoms with Gasteiger partial charge < -0.3 is 4.74 Å². The normalized spacial score (nSPS) is 11.4. The number of rotatable bonds is 4. The van der Waals surface area contributed by atoms with E-state index < -0.39 is 12.2 Å². The molecule has 2 aromatic carbocycles. The van der Waals surface area contributed by atoms with Crippen molar-refractivity contribution in [2.45, 2.75) is 13.3 Å². The van der Waals surface area contributed by atoms with E-state index in [-0.39, 0.29) is 22.3 Å². The van der Waals surface area contributed by atoms with Crippen molar-refractivity contribution in [2.24, 2.45) is 0 Å². The molecule has 7 heteroatoms. The Bertz CT molecular complexity index is 1150. The Balaban J connectivity index is 2.01. The van der Waals surface area contributed by atoms with Crippen molar-refractivity contribution in [3.8, 4) is 22.7 Å². The van der Waals surface area contributed by atoms with Crippen LogP contribution in [-0.2, 0) is 0 Å². The molecule has 0 fully saturated rings. The number of fused-ring (bicyclic) bond motifs is 1. The van der Waals surface area contributed by atoms with Gasteiger partial charge in [-0.1, -0.05) is 12.1 Å². The van der Waals surface area contributed by atoms with Crippen LogP contribution in [0.4, 0.5) is 13.2 Å². The molecule has 0 saturated carbocycles. The largest absolute Gasteiger partial charge is 0.497 e. The molecule has 0 aliphatic carbocycles. The molecule has 0 bridgehead atoms. The molecule has 4 aromatic rings. The number of para-hydroxylation sites is 1. The van der Waals surface area contributed by atoms with Crippen LogP contribution < -0.4 is 4.74 Å². The zero-order valence-electron chi connectivity index (χ0n) is 15.2. The highest BCUT2D eigenvalue weighted by atomic mass is 19.3. The zero-order valence-corrected chi connectivity index (χ0v) is 15.2. The minimum absolute atomic E-state index is 0.153. The van der Waals surface area contributed by atoms with Gasteiger partial charge in [0.05, 0.1) is 23.9 Å². The lowest BCUT2D eigenvalue weighted by Crippen LogP contribution is -2.02. The summed E-state index contributed by atoms with van der Waals surface area (Å²) in [6.07, 6.45) is -2.72. The van der Waals surface area contributed by atoms with Crippen LogP contribution in [0.15, 0.2) is 54.6 Å². The molecule has 142 valence electrons. The van der Waals surface area contributed by atoms with Gasteiger partial charge >= 0.3 is 0 Å². The molecule has 2 aromatic heterocycles. The van der Waals surface area contributed by atoms with Crippen molar-refractivity contribution < 1.29 is 17.9 Å². The van der Waals surface area contributed by atoms with Gasteiger partial charge in [0.25, 0.3) is 6.43 Å². The Morgan fingerprint density at radius 1 is 1.04 bits per heavy atom. The molecule has 0 unspecified atom stereocenters. The summed E-state index contributed by atoms with van der Waals surface area (Å²) in [5.41, 5.74) is 1.51. The number of pyridine rings is 1. The molecule has 4 rings (SSSR count). The minimum Gasteiger partial charge on any atom is -0.497 e. The third-order valence-electron chi connectivity index (χ3n) is 4.54. The predicted molar refractivity (Wildman–Crippen MR) is 101 cm³/mol. The summed E-state index contributed by atoms with van der Waals surface area (Å²) in [5, 5.41) is 4.52. The maximum atomic E-state index is 14.3. The Hall–Kier alpha value is -3.35. The fourth-order valence-corrected chi connectivity index (χ4v) is 3.20. The number of alkyl halides is 2. The van der Waals surface area contributed by atoms with Crippen LogP contribution >= 0.6 is 0 Å². The fourth-order valence-electron chi connectivity index (χ4n) is 3.20. The summed E-state index contributed by atoms with van der Waals surface area (Å²) >= 11 is 0. The van der Waals surface area contributed by atoms with Crippen LogP contribution in [0.5, 0.6) is 5.75 Å². The summed E-state index contributed by atoms with van der Waals surface area (Å²) in [6, 6.07) is 14.3. The lowest BCUT2D eigenvalue weighted by atomic mass is 10.1. The Kier molecular flexibility index (Phi) is 4.50. The fraction of sp³-hybridized carbons (Fsp3) is 0.143. The van der Waals surface area contributed by atoms with E-state index in [4.69, 9.17) is 4.74 Å². The van der Waals surface area contributed by atoms with E-state index >= 15 is 0 Å². The summed E-state index contributed by atoms with van der Waals surface area (Å²) in [4.78, 5) is 4.54. The number of hydrogen-bond acceptors (Lipinski definition) is 3. The maximum Gasteiger partial charge on any atom is 0.264 e. The maximum absolute atomic E-state index is 14.3. The van der Waals surface area contributed by atoms with Crippen molar-refractivity contribution in [1.82, 2.24) is 14.8 Å². The van der Waals surface area contributed by atoms with E-state index in [9.17, 15) is 13.2 Å². The summed E-state index contributed by atoms with van der Waals surface area (Å²) in [7, 11) is 1.55. The van der Waals surface area contributed by atoms with E-state index in [1.54, 1.807) is 50.4 Å². The summed E-state index contributed by atoms with van der Waals surface area (Å²) < 4.78 is 48.4. The molecule has 4 nitrogen and oxygen atoms in total. The highest BCUT2D eigenvalue weighted by Gasteiger charge is 2.22. The molecular formula is C21H16F3N3O. The second-order valence-corrected chi connectivity index (χ2v) is 6.27. The van der Waals surface area contributed by atoms with Crippen molar-refractivity contribution in [3.05, 3.63) is 71.7 Å². The number of hydrogen-bond donors (Lipinski definition) is 0. The van der Waals surface area contributed by atoms with Gasteiger partial charge in [0.1, 0.15) is 17.3 Å². The first-order valence-electron chi connectivity index (χ1n) is 8.57. The molecule has 0 spiro atoms. The number of nitrogens with zero attached hydrogens (tertiary/aromatic N) is 3. The molecule has 28 heavy (non-hydrogen) atoms. The molecule has 0 aliphatic heterocycles. The third-order valence-corrected chi connectivity index (χ3v) is 4.54. The second-order valence-electron chi connectivity index (χ2n) is 6.27. The molecule has 0 atom stereocenters. The molecule has 0 amide bonds. The number of aromatic nitrogens is 3. The van der Waals surface area contributed by atoms with E-state index in [0.29, 0.717) is 22.7 Å². The van der Waals surface area contributed by atoms with Gasteiger partial charge in [0, 0.05) is 11.1 Å². The van der Waals surface area contributed by atoms with Crippen molar-refractivity contribution in [1.29, 1.82) is 0 Å². The number of aryl methyl sites for hydroxylation is 1. The Morgan fingerprint density at radius 3 is 2.39 bits per heavy atom. The van der Waals surface area contributed by atoms with E-state index in [2.05, 4.69) is 10.1 Å². The van der Waals surface area contributed by atoms with E-state index in [1.807, 2.05) is 0 Å². The standard InChI is InChI=1S/C21H16F3N3O/c1-12-19-15(20(23)24)11-17(13-7-9-14(28-2)10-8-13)25-21(19)27(26-12)18-6-4-3-5-16(18)22/h3-11,20H,1-2H3. The molecule has 2 heterocycles. The lowest BCUT2D eigenvalue weighted by Gasteiger charge is -2.09. The van der Waals surface area contributed by atoms with Crippen LogP contribution in [0, 0.1) is 12.7 Å². The quantitative estimate of drug-likeness (QED) is 0.468. The molecule has 0 aliphatic rings. The second kappa shape index (κ2) is 6.99. The van der Waals surface area contributed by atoms with Crippen LogP contribution in [0.3, 0.4) is 0 Å². The topological polar surface area (TPSA) is 39.9 Å². The van der Waals surface area contributed by atoms with E-state index in [1.165, 1.54) is 22.9 Å². The molecule has 0 saturated heterocycles. The monoisotopic (exact) mass is 383 g/mol. The van der Waals surface area contributed by atoms with Crippen molar-refractivity contribution in [2.75, 3.05) is 7.11 Å². The first-order valence-corrected chi connectivity index (χ1v) is 8.57. The van der Waals surface area contributed by atoms with Crippen LogP contribution in [0.2, 0.25) is 0 Å². The summed E-state index contributed by atoms with van der Waals surface area (Å²) in [5.74, 6) is 0.133. The third kappa shape index (κ3) is 2.98. The van der Waals surface area contributed by atoms with Gasteiger partial charge in [-0.25, -0.2) is 22.8 Å². The predicted octanol–water partition coefficient (Wildman–Crippen LogP) is 5.48.